The number of nitrogens with zero attached hydrogens (tertiary/aromatic N) is 3. The first-order valence-corrected chi connectivity index (χ1v) is 6.85. The average Bonchev–Trinajstić information content (AvgIpc) is 2.75. The van der Waals surface area contributed by atoms with Crippen LogP contribution in [0.1, 0.15) is 49.5 Å². The maximum atomic E-state index is 12.4. The standard InChI is InChI=1S/C14H19N3O/c1-10-8-15-9-12(16-10)13-6-3-7-17(13)14(18)11-4-2-5-11/h8-9,11,13H,2-7H2,1H3. The molecule has 0 radical (unpaired) electrons. The van der Waals surface area contributed by atoms with Crippen molar-refractivity contribution in [2.24, 2.45) is 5.92 Å². The number of aryl methyl sites for hydroxylation is 1. The topological polar surface area (TPSA) is 46.1 Å². The number of hydrogen-bond donors (Lipinski definition) is 0. The molecule has 4 nitrogen and oxygen atoms in total. The summed E-state index contributed by atoms with van der Waals surface area (Å²) in [5, 5.41) is 0. The second-order valence-electron chi connectivity index (χ2n) is 5.40. The number of hydrogen-bond acceptors (Lipinski definition) is 3. The van der Waals surface area contributed by atoms with Crippen molar-refractivity contribution in [1.29, 1.82) is 0 Å². The molecular weight excluding hydrogens is 226 g/mol. The number of rotatable bonds is 2. The molecule has 1 unspecified atom stereocenters. The Balaban J connectivity index is 1.80. The predicted octanol–water partition coefficient (Wildman–Crippen LogP) is 2.25. The Labute approximate surface area is 107 Å². The van der Waals surface area contributed by atoms with E-state index >= 15 is 0 Å². The van der Waals surface area contributed by atoms with Crippen molar-refractivity contribution in [3.63, 3.8) is 0 Å². The minimum Gasteiger partial charge on any atom is -0.334 e. The molecule has 1 aromatic heterocycles. The van der Waals surface area contributed by atoms with Crippen LogP contribution >= 0.6 is 0 Å². The molecule has 3 rings (SSSR count). The quantitative estimate of drug-likeness (QED) is 0.802. The first-order valence-electron chi connectivity index (χ1n) is 6.85. The Bertz CT molecular complexity index is 456. The molecule has 1 atom stereocenters. The summed E-state index contributed by atoms with van der Waals surface area (Å²) >= 11 is 0. The summed E-state index contributed by atoms with van der Waals surface area (Å²) in [5.74, 6) is 0.621. The molecule has 1 aliphatic carbocycles. The van der Waals surface area contributed by atoms with Gasteiger partial charge in [0.25, 0.3) is 0 Å². The van der Waals surface area contributed by atoms with Gasteiger partial charge < -0.3 is 4.90 Å². The van der Waals surface area contributed by atoms with Crippen molar-refractivity contribution in [3.8, 4) is 0 Å². The van der Waals surface area contributed by atoms with Crippen LogP contribution in [0.3, 0.4) is 0 Å². The van der Waals surface area contributed by atoms with Gasteiger partial charge in [0.05, 0.1) is 23.6 Å². The molecule has 2 heterocycles. The Kier molecular flexibility index (Phi) is 3.02. The lowest BCUT2D eigenvalue weighted by atomic mass is 9.84. The summed E-state index contributed by atoms with van der Waals surface area (Å²) in [6.07, 6.45) is 9.03. The highest BCUT2D eigenvalue weighted by molar-refractivity contribution is 5.80. The van der Waals surface area contributed by atoms with E-state index in [4.69, 9.17) is 0 Å². The number of carbonyl (C=O) groups excluding carboxylic acids is 1. The zero-order valence-electron chi connectivity index (χ0n) is 10.8. The summed E-state index contributed by atoms with van der Waals surface area (Å²) in [4.78, 5) is 23.1. The van der Waals surface area contributed by atoms with Crippen molar-refractivity contribution in [1.82, 2.24) is 14.9 Å². The fourth-order valence-electron chi connectivity index (χ4n) is 2.87. The zero-order valence-corrected chi connectivity index (χ0v) is 10.8. The van der Waals surface area contributed by atoms with Crippen LogP contribution < -0.4 is 0 Å². The lowest BCUT2D eigenvalue weighted by Gasteiger charge is -2.32. The first kappa shape index (κ1) is 11.6. The number of amides is 1. The van der Waals surface area contributed by atoms with Crippen LogP contribution in [0, 0.1) is 12.8 Å². The zero-order chi connectivity index (χ0) is 12.5. The van der Waals surface area contributed by atoms with Gasteiger partial charge in [-0.2, -0.15) is 0 Å². The van der Waals surface area contributed by atoms with Crippen LogP contribution in [0.25, 0.3) is 0 Å². The molecule has 2 aliphatic rings. The van der Waals surface area contributed by atoms with Crippen molar-refractivity contribution in [2.45, 2.75) is 45.1 Å². The Morgan fingerprint density at radius 2 is 2.11 bits per heavy atom. The van der Waals surface area contributed by atoms with E-state index in [0.717, 1.165) is 43.6 Å². The van der Waals surface area contributed by atoms with Crippen LogP contribution in [0.2, 0.25) is 0 Å². The van der Waals surface area contributed by atoms with Gasteiger partial charge in [0.15, 0.2) is 0 Å². The molecule has 0 N–H and O–H groups in total. The summed E-state index contributed by atoms with van der Waals surface area (Å²) in [6, 6.07) is 0.158. The third kappa shape index (κ3) is 2.00. The van der Waals surface area contributed by atoms with Gasteiger partial charge in [-0.1, -0.05) is 6.42 Å². The van der Waals surface area contributed by atoms with E-state index in [0.29, 0.717) is 5.91 Å². The van der Waals surface area contributed by atoms with E-state index in [-0.39, 0.29) is 12.0 Å². The fraction of sp³-hybridized carbons (Fsp3) is 0.643. The van der Waals surface area contributed by atoms with Gasteiger partial charge in [0.2, 0.25) is 5.91 Å². The molecule has 0 aromatic carbocycles. The van der Waals surface area contributed by atoms with Gasteiger partial charge in [-0.15, -0.1) is 0 Å². The van der Waals surface area contributed by atoms with Gasteiger partial charge in [0.1, 0.15) is 0 Å². The summed E-state index contributed by atoms with van der Waals surface area (Å²) < 4.78 is 0. The van der Waals surface area contributed by atoms with Gasteiger partial charge in [-0.25, -0.2) is 0 Å². The second-order valence-corrected chi connectivity index (χ2v) is 5.40. The summed E-state index contributed by atoms with van der Waals surface area (Å²) in [5.41, 5.74) is 1.88. The van der Waals surface area contributed by atoms with Gasteiger partial charge in [0, 0.05) is 18.7 Å². The normalized spacial score (nSPS) is 24.1. The average molecular weight is 245 g/mol. The summed E-state index contributed by atoms with van der Waals surface area (Å²) in [7, 11) is 0. The largest absolute Gasteiger partial charge is 0.334 e. The lowest BCUT2D eigenvalue weighted by molar-refractivity contribution is -0.139. The SMILES string of the molecule is Cc1cncc(C2CCCN2C(=O)C2CCC2)n1. The minimum absolute atomic E-state index is 0.158. The third-order valence-electron chi connectivity index (χ3n) is 4.11. The van der Waals surface area contributed by atoms with Crippen molar-refractivity contribution < 1.29 is 4.79 Å². The molecule has 18 heavy (non-hydrogen) atoms. The Morgan fingerprint density at radius 1 is 1.28 bits per heavy atom. The van der Waals surface area contributed by atoms with E-state index < -0.39 is 0 Å². The fourth-order valence-corrected chi connectivity index (χ4v) is 2.87. The first-order chi connectivity index (χ1) is 8.75. The van der Waals surface area contributed by atoms with Crippen LogP contribution in [-0.4, -0.2) is 27.3 Å². The second kappa shape index (κ2) is 4.67. The molecule has 2 fully saturated rings. The van der Waals surface area contributed by atoms with Crippen molar-refractivity contribution in [2.75, 3.05) is 6.54 Å². The molecule has 1 amide bonds. The predicted molar refractivity (Wildman–Crippen MR) is 67.8 cm³/mol. The van der Waals surface area contributed by atoms with E-state index in [9.17, 15) is 4.79 Å². The maximum absolute atomic E-state index is 12.4. The molecule has 96 valence electrons. The molecule has 0 bridgehead atoms. The highest BCUT2D eigenvalue weighted by Crippen LogP contribution is 2.36. The van der Waals surface area contributed by atoms with Crippen molar-refractivity contribution in [3.05, 3.63) is 23.8 Å². The van der Waals surface area contributed by atoms with Crippen LogP contribution in [0.5, 0.6) is 0 Å². The third-order valence-corrected chi connectivity index (χ3v) is 4.11. The van der Waals surface area contributed by atoms with E-state index in [1.807, 2.05) is 18.0 Å². The van der Waals surface area contributed by atoms with E-state index in [2.05, 4.69) is 9.97 Å². The van der Waals surface area contributed by atoms with Gasteiger partial charge in [-0.3, -0.25) is 14.8 Å². The molecule has 1 aromatic rings. The monoisotopic (exact) mass is 245 g/mol. The Hall–Kier alpha value is -1.45. The molecule has 1 saturated carbocycles. The molecule has 4 heteroatoms. The summed E-state index contributed by atoms with van der Waals surface area (Å²) in [6.45, 7) is 2.83. The molecular formula is C14H19N3O. The number of carbonyl (C=O) groups is 1. The van der Waals surface area contributed by atoms with E-state index in [1.165, 1.54) is 6.42 Å². The maximum Gasteiger partial charge on any atom is 0.226 e. The lowest BCUT2D eigenvalue weighted by Crippen LogP contribution is -2.38. The minimum atomic E-state index is 0.158. The van der Waals surface area contributed by atoms with Gasteiger partial charge in [-0.05, 0) is 32.6 Å². The smallest absolute Gasteiger partial charge is 0.226 e. The highest BCUT2D eigenvalue weighted by atomic mass is 16.2. The van der Waals surface area contributed by atoms with Gasteiger partial charge >= 0.3 is 0 Å². The highest BCUT2D eigenvalue weighted by Gasteiger charge is 2.36. The number of likely N-dealkylation sites (tertiary alicyclic amines) is 1. The molecule has 1 saturated heterocycles. The van der Waals surface area contributed by atoms with Crippen LogP contribution in [-0.2, 0) is 4.79 Å². The van der Waals surface area contributed by atoms with E-state index in [1.54, 1.807) is 6.20 Å². The number of aromatic nitrogens is 2. The molecule has 1 aliphatic heterocycles. The molecule has 0 spiro atoms. The van der Waals surface area contributed by atoms with Crippen LogP contribution in [0.15, 0.2) is 12.4 Å². The van der Waals surface area contributed by atoms with Crippen LogP contribution in [0.4, 0.5) is 0 Å². The van der Waals surface area contributed by atoms with Crippen molar-refractivity contribution >= 4 is 5.91 Å². The Morgan fingerprint density at radius 3 is 2.78 bits per heavy atom.